The topological polar surface area (TPSA) is 82.8 Å². The zero-order chi connectivity index (χ0) is 22.2. The van der Waals surface area contributed by atoms with Crippen LogP contribution in [0.25, 0.3) is 5.69 Å². The molecule has 1 aromatic carbocycles. The highest BCUT2D eigenvalue weighted by molar-refractivity contribution is 6.20. The first-order valence-corrected chi connectivity index (χ1v) is 12.2. The van der Waals surface area contributed by atoms with Crippen molar-refractivity contribution in [2.45, 2.75) is 44.1 Å². The zero-order valence-corrected chi connectivity index (χ0v) is 18.6. The van der Waals surface area contributed by atoms with Crippen molar-refractivity contribution in [1.29, 1.82) is 0 Å². The van der Waals surface area contributed by atoms with E-state index in [-0.39, 0.29) is 24.0 Å². The van der Waals surface area contributed by atoms with Gasteiger partial charge in [-0.3, -0.25) is 19.6 Å². The summed E-state index contributed by atoms with van der Waals surface area (Å²) in [7, 11) is 0. The van der Waals surface area contributed by atoms with Crippen LogP contribution in [-0.4, -0.2) is 57.6 Å². The van der Waals surface area contributed by atoms with Crippen LogP contribution in [0, 0.1) is 17.8 Å². The van der Waals surface area contributed by atoms with Crippen molar-refractivity contribution in [1.82, 2.24) is 20.0 Å². The van der Waals surface area contributed by atoms with Crippen molar-refractivity contribution < 1.29 is 9.59 Å². The first-order chi connectivity index (χ1) is 16.1. The van der Waals surface area contributed by atoms with E-state index in [4.69, 9.17) is 0 Å². The van der Waals surface area contributed by atoms with Gasteiger partial charge in [-0.1, -0.05) is 18.2 Å². The molecule has 8 rings (SSSR count). The second-order valence-electron chi connectivity index (χ2n) is 10.6. The molecule has 0 spiro atoms. The van der Waals surface area contributed by atoms with E-state index in [1.807, 2.05) is 30.3 Å². The number of fused-ring (bicyclic) bond motifs is 3. The van der Waals surface area contributed by atoms with Gasteiger partial charge in [0, 0.05) is 12.1 Å². The molecule has 1 N–H and O–H groups in total. The fraction of sp³-hybridized carbons (Fsp3) is 0.520. The van der Waals surface area contributed by atoms with Crippen molar-refractivity contribution >= 4 is 23.6 Å². The predicted molar refractivity (Wildman–Crippen MR) is 123 cm³/mol. The van der Waals surface area contributed by atoms with E-state index in [1.165, 1.54) is 19.3 Å². The largest absolute Gasteiger partial charge is 0.349 e. The monoisotopic (exact) mass is 444 g/mol. The van der Waals surface area contributed by atoms with Crippen molar-refractivity contribution in [3.63, 3.8) is 0 Å². The molecule has 2 aliphatic heterocycles. The molecule has 0 unspecified atom stereocenters. The lowest BCUT2D eigenvalue weighted by Crippen LogP contribution is -2.62. The summed E-state index contributed by atoms with van der Waals surface area (Å²) in [6, 6.07) is 9.54. The van der Waals surface area contributed by atoms with Crippen molar-refractivity contribution in [3.8, 4) is 5.69 Å². The minimum Gasteiger partial charge on any atom is -0.349 e. The summed E-state index contributed by atoms with van der Waals surface area (Å²) >= 11 is 0. The van der Waals surface area contributed by atoms with Gasteiger partial charge in [-0.2, -0.15) is 5.10 Å². The van der Waals surface area contributed by atoms with Gasteiger partial charge in [0.15, 0.2) is 5.82 Å². The third-order valence-corrected chi connectivity index (χ3v) is 8.29. The van der Waals surface area contributed by atoms with Crippen molar-refractivity contribution in [3.05, 3.63) is 42.1 Å². The number of nitrogens with zero attached hydrogens (tertiary/aromatic N) is 5. The van der Waals surface area contributed by atoms with Crippen LogP contribution < -0.4 is 10.2 Å². The first kappa shape index (κ1) is 19.3. The number of anilines is 1. The molecule has 0 radical (unpaired) electrons. The quantitative estimate of drug-likeness (QED) is 0.787. The number of para-hydroxylation sites is 1. The molecule has 4 fully saturated rings. The number of amidine groups is 1. The molecular weight excluding hydrogens is 416 g/mol. The molecule has 0 atom stereocenters. The number of hydrogen-bond acceptors (Lipinski definition) is 4. The zero-order valence-electron chi connectivity index (χ0n) is 18.6. The van der Waals surface area contributed by atoms with E-state index >= 15 is 0 Å². The van der Waals surface area contributed by atoms with Crippen molar-refractivity contribution in [2.75, 3.05) is 24.5 Å². The highest BCUT2D eigenvalue weighted by atomic mass is 16.2. The van der Waals surface area contributed by atoms with Crippen LogP contribution in [-0.2, 0) is 4.79 Å². The van der Waals surface area contributed by atoms with Gasteiger partial charge in [-0.15, -0.1) is 0 Å². The molecular formula is C25H28N6O2. The summed E-state index contributed by atoms with van der Waals surface area (Å²) < 4.78 is 1.75. The number of urea groups is 1. The molecule has 8 heteroatoms. The Kier molecular flexibility index (Phi) is 4.05. The predicted octanol–water partition coefficient (Wildman–Crippen LogP) is 2.96. The Balaban J connectivity index is 1.21. The van der Waals surface area contributed by atoms with E-state index in [1.54, 1.807) is 20.7 Å². The number of aliphatic imine (C=N–C) groups is 1. The van der Waals surface area contributed by atoms with E-state index in [0.29, 0.717) is 24.7 Å². The molecule has 1 aromatic heterocycles. The second-order valence-corrected chi connectivity index (χ2v) is 10.6. The molecule has 170 valence electrons. The summed E-state index contributed by atoms with van der Waals surface area (Å²) in [6.45, 7) is 1.11. The Labute approximate surface area is 192 Å². The Morgan fingerprint density at radius 3 is 2.45 bits per heavy atom. The van der Waals surface area contributed by atoms with Crippen LogP contribution in [0.2, 0.25) is 0 Å². The summed E-state index contributed by atoms with van der Waals surface area (Å²) in [5, 5.41) is 8.01. The fourth-order valence-electron chi connectivity index (χ4n) is 7.50. The SMILES string of the molecule is O=C(CN1C(=O)N2CCN=C2c2cnn(-c3ccccc3)c21)NC12CC3CC(CC(C3)C1)C2. The number of amides is 3. The standard InChI is InChI=1S/C25H28N6O2/c32-21(28-25-11-16-8-17(12-25)10-18(9-16)13-25)15-30-23-20(22-26-6-7-29(22)24(30)33)14-27-31(23)19-4-2-1-3-5-19/h1-5,14,16-18H,6-13,15H2,(H,28,32). The summed E-state index contributed by atoms with van der Waals surface area (Å²) in [5.74, 6) is 3.48. The molecule has 4 saturated carbocycles. The highest BCUT2D eigenvalue weighted by Gasteiger charge is 2.52. The van der Waals surface area contributed by atoms with Crippen LogP contribution in [0.15, 0.2) is 41.5 Å². The number of rotatable bonds is 4. The Morgan fingerprint density at radius 1 is 1.06 bits per heavy atom. The van der Waals surface area contributed by atoms with Crippen molar-refractivity contribution in [2.24, 2.45) is 22.7 Å². The average Bonchev–Trinajstić information content (AvgIpc) is 3.43. The van der Waals surface area contributed by atoms with Crippen LogP contribution >= 0.6 is 0 Å². The molecule has 3 amide bonds. The van der Waals surface area contributed by atoms with Crippen LogP contribution in [0.5, 0.6) is 0 Å². The normalized spacial score (nSPS) is 31.5. The average molecular weight is 445 g/mol. The second kappa shape index (κ2) is 6.92. The van der Waals surface area contributed by atoms with Gasteiger partial charge < -0.3 is 5.32 Å². The summed E-state index contributed by atoms with van der Waals surface area (Å²) in [5.41, 5.74) is 1.58. The third kappa shape index (κ3) is 2.96. The van der Waals surface area contributed by atoms with Gasteiger partial charge in [0.25, 0.3) is 0 Å². The van der Waals surface area contributed by atoms with Crippen LogP contribution in [0.4, 0.5) is 10.6 Å². The number of hydrogen-bond donors (Lipinski definition) is 1. The minimum absolute atomic E-state index is 0.00408. The van der Waals surface area contributed by atoms with Gasteiger partial charge >= 0.3 is 6.03 Å². The molecule has 4 bridgehead atoms. The third-order valence-electron chi connectivity index (χ3n) is 8.29. The molecule has 8 nitrogen and oxygen atoms in total. The lowest BCUT2D eigenvalue weighted by Gasteiger charge is -2.57. The van der Waals surface area contributed by atoms with E-state index in [9.17, 15) is 9.59 Å². The molecule has 33 heavy (non-hydrogen) atoms. The Bertz CT molecular complexity index is 1130. The van der Waals surface area contributed by atoms with Gasteiger partial charge in [0.1, 0.15) is 12.4 Å². The molecule has 2 aromatic rings. The van der Waals surface area contributed by atoms with Gasteiger partial charge in [0.2, 0.25) is 5.91 Å². The first-order valence-electron chi connectivity index (χ1n) is 12.2. The number of carbonyl (C=O) groups excluding carboxylic acids is 2. The maximum absolute atomic E-state index is 13.5. The number of aromatic nitrogens is 2. The molecule has 6 aliphatic rings. The van der Waals surface area contributed by atoms with E-state index in [0.717, 1.165) is 48.3 Å². The maximum Gasteiger partial charge on any atom is 0.331 e. The fourth-order valence-corrected chi connectivity index (χ4v) is 7.50. The lowest BCUT2D eigenvalue weighted by atomic mass is 9.53. The molecule has 0 saturated heterocycles. The van der Waals surface area contributed by atoms with E-state index < -0.39 is 0 Å². The smallest absolute Gasteiger partial charge is 0.331 e. The minimum atomic E-state index is -0.197. The number of nitrogens with one attached hydrogen (secondary N) is 1. The Hall–Kier alpha value is -3.16. The number of carbonyl (C=O) groups is 2. The van der Waals surface area contributed by atoms with Crippen LogP contribution in [0.1, 0.15) is 44.1 Å². The lowest BCUT2D eigenvalue weighted by molar-refractivity contribution is -0.125. The Morgan fingerprint density at radius 2 is 1.76 bits per heavy atom. The summed E-state index contributed by atoms with van der Waals surface area (Å²) in [4.78, 5) is 34.8. The highest BCUT2D eigenvalue weighted by Crippen LogP contribution is 2.55. The number of benzene rings is 1. The van der Waals surface area contributed by atoms with Gasteiger partial charge in [0.05, 0.1) is 24.0 Å². The molecule has 3 heterocycles. The van der Waals surface area contributed by atoms with E-state index in [2.05, 4.69) is 15.4 Å². The van der Waals surface area contributed by atoms with Gasteiger partial charge in [-0.25, -0.2) is 9.48 Å². The van der Waals surface area contributed by atoms with Crippen LogP contribution in [0.3, 0.4) is 0 Å². The maximum atomic E-state index is 13.5. The van der Waals surface area contributed by atoms with Gasteiger partial charge in [-0.05, 0) is 68.4 Å². The summed E-state index contributed by atoms with van der Waals surface area (Å²) in [6.07, 6.45) is 9.03. The molecule has 4 aliphatic carbocycles.